The minimum Gasteiger partial charge on any atom is -0.508 e. The van der Waals surface area contributed by atoms with Crippen molar-refractivity contribution in [1.29, 1.82) is 0 Å². The van der Waals surface area contributed by atoms with E-state index in [9.17, 15) is 29.2 Å². The number of hydrogen-bond acceptors (Lipinski definition) is 8. The summed E-state index contributed by atoms with van der Waals surface area (Å²) in [6.45, 7) is -0.405. The van der Waals surface area contributed by atoms with Crippen molar-refractivity contribution in [2.75, 3.05) is 13.2 Å². The lowest BCUT2D eigenvalue weighted by Gasteiger charge is -2.32. The highest BCUT2D eigenvalue weighted by atomic mass is 19.1. The van der Waals surface area contributed by atoms with Gasteiger partial charge in [0.1, 0.15) is 47.5 Å². The van der Waals surface area contributed by atoms with Gasteiger partial charge >= 0.3 is 0 Å². The number of phenolic OH excluding ortho intramolecular Hbond substituents is 2. The molecule has 0 bridgehead atoms. The van der Waals surface area contributed by atoms with Crippen LogP contribution in [0.15, 0.2) is 97.1 Å². The number of halogens is 2. The summed E-state index contributed by atoms with van der Waals surface area (Å²) in [6.07, 6.45) is -5.19. The van der Waals surface area contributed by atoms with E-state index >= 15 is 0 Å². The Balaban J connectivity index is 1.46. The van der Waals surface area contributed by atoms with E-state index in [1.54, 1.807) is 18.2 Å². The van der Waals surface area contributed by atoms with Crippen molar-refractivity contribution in [2.45, 2.75) is 50.8 Å². The van der Waals surface area contributed by atoms with Crippen LogP contribution in [0.3, 0.4) is 0 Å². The molecule has 10 heteroatoms. The second-order valence-corrected chi connectivity index (χ2v) is 10.3. The van der Waals surface area contributed by atoms with Gasteiger partial charge in [0.25, 0.3) is 0 Å². The molecule has 0 saturated carbocycles. The van der Waals surface area contributed by atoms with E-state index in [0.717, 1.165) is 5.56 Å². The normalized spacial score (nSPS) is 14.2. The number of ether oxygens (including phenoxy) is 4. The van der Waals surface area contributed by atoms with Gasteiger partial charge in [0.05, 0.1) is 39.6 Å². The first-order valence-electron chi connectivity index (χ1n) is 14.1. The highest BCUT2D eigenvalue weighted by molar-refractivity contribution is 5.36. The first-order valence-corrected chi connectivity index (χ1v) is 14.1. The maximum Gasteiger partial charge on any atom is 0.128 e. The number of phenols is 2. The van der Waals surface area contributed by atoms with E-state index in [4.69, 9.17) is 18.9 Å². The van der Waals surface area contributed by atoms with Crippen molar-refractivity contribution < 1.29 is 48.2 Å². The van der Waals surface area contributed by atoms with E-state index in [2.05, 4.69) is 0 Å². The quantitative estimate of drug-likeness (QED) is 0.132. The average molecular weight is 611 g/mol. The van der Waals surface area contributed by atoms with Gasteiger partial charge in [-0.25, -0.2) is 8.78 Å². The minimum atomic E-state index is -1.54. The lowest BCUT2D eigenvalue weighted by Crippen LogP contribution is -2.49. The number of aliphatic hydroxyl groups excluding tert-OH is 2. The number of hydrogen-bond donors (Lipinski definition) is 4. The van der Waals surface area contributed by atoms with Gasteiger partial charge in [-0.1, -0.05) is 60.7 Å². The van der Waals surface area contributed by atoms with Crippen LogP contribution in [0.5, 0.6) is 11.5 Å². The molecule has 4 rings (SSSR count). The molecule has 0 aliphatic carbocycles. The molecule has 0 spiro atoms. The van der Waals surface area contributed by atoms with E-state index < -0.39 is 36.1 Å². The van der Waals surface area contributed by atoms with Gasteiger partial charge in [-0.2, -0.15) is 0 Å². The van der Waals surface area contributed by atoms with Crippen LogP contribution < -0.4 is 0 Å². The third-order valence-electron chi connectivity index (χ3n) is 6.81. The minimum absolute atomic E-state index is 0.0216. The molecule has 0 aliphatic heterocycles. The fourth-order valence-corrected chi connectivity index (χ4v) is 4.42. The highest BCUT2D eigenvalue weighted by Crippen LogP contribution is 2.22. The Hall–Kier alpha value is -3.90. The second kappa shape index (κ2) is 16.8. The highest BCUT2D eigenvalue weighted by Gasteiger charge is 2.34. The van der Waals surface area contributed by atoms with Crippen molar-refractivity contribution in [3.8, 4) is 11.5 Å². The van der Waals surface area contributed by atoms with Gasteiger partial charge in [-0.3, -0.25) is 0 Å². The lowest BCUT2D eigenvalue weighted by molar-refractivity contribution is -0.170. The van der Waals surface area contributed by atoms with Crippen molar-refractivity contribution in [3.63, 3.8) is 0 Å². The number of rotatable bonds is 17. The average Bonchev–Trinajstić information content (AvgIpc) is 3.01. The summed E-state index contributed by atoms with van der Waals surface area (Å²) in [5, 5.41) is 42.2. The molecule has 0 aliphatic rings. The van der Waals surface area contributed by atoms with Crippen LogP contribution in [0.1, 0.15) is 22.3 Å². The molecule has 0 fully saturated rings. The van der Waals surface area contributed by atoms with E-state index in [-0.39, 0.29) is 51.1 Å². The molecule has 4 aromatic carbocycles. The van der Waals surface area contributed by atoms with Crippen LogP contribution in [-0.2, 0) is 45.4 Å². The third-order valence-corrected chi connectivity index (χ3v) is 6.81. The Kier molecular flexibility index (Phi) is 12.6. The smallest absolute Gasteiger partial charge is 0.128 e. The molecule has 4 N–H and O–H groups in total. The monoisotopic (exact) mass is 610 g/mol. The maximum absolute atomic E-state index is 14.1. The SMILES string of the molecule is Oc1cc(O)cc(COC[C@@H](OCc2ccccc2)[C@@H](O)[C@H](O)[C@@H](COCc2ccccc2F)OCc2ccc(F)cc2)c1. The van der Waals surface area contributed by atoms with Crippen LogP contribution in [-0.4, -0.2) is 58.1 Å². The summed E-state index contributed by atoms with van der Waals surface area (Å²) in [5.41, 5.74) is 2.26. The van der Waals surface area contributed by atoms with E-state index in [1.807, 2.05) is 30.3 Å². The topological polar surface area (TPSA) is 118 Å². The van der Waals surface area contributed by atoms with Gasteiger partial charge in [0.15, 0.2) is 0 Å². The molecule has 4 atom stereocenters. The molecular weight excluding hydrogens is 574 g/mol. The molecule has 0 unspecified atom stereocenters. The van der Waals surface area contributed by atoms with Crippen molar-refractivity contribution >= 4 is 0 Å². The fourth-order valence-electron chi connectivity index (χ4n) is 4.42. The summed E-state index contributed by atoms with van der Waals surface area (Å²) < 4.78 is 50.9. The molecule has 8 nitrogen and oxygen atoms in total. The zero-order valence-electron chi connectivity index (χ0n) is 24.0. The molecule has 0 saturated heterocycles. The standard InChI is InChI=1S/C34H36F2O8/c35-27-12-10-24(11-13-27)19-44-32(22-42-20-26-8-4-5-9-30(26)36)34(40)33(39)31(43-18-23-6-2-1-3-7-23)21-41-17-25-14-28(37)16-29(38)15-25/h1-16,31-34,37-40H,17-22H2/t31-,32-,33-,34-/m1/s1. The van der Waals surface area contributed by atoms with Crippen LogP contribution in [0, 0.1) is 11.6 Å². The predicted octanol–water partition coefficient (Wildman–Crippen LogP) is 5.00. The zero-order valence-corrected chi connectivity index (χ0v) is 24.0. The number of aliphatic hydroxyl groups is 2. The van der Waals surface area contributed by atoms with E-state index in [1.165, 1.54) is 48.5 Å². The van der Waals surface area contributed by atoms with Gasteiger partial charge in [-0.15, -0.1) is 0 Å². The summed E-state index contributed by atoms with van der Waals surface area (Å²) in [5.74, 6) is -1.11. The van der Waals surface area contributed by atoms with Gasteiger partial charge in [-0.05, 0) is 47.0 Å². The first kappa shape index (κ1) is 33.0. The Labute approximate surface area is 254 Å². The first-order chi connectivity index (χ1) is 21.3. The van der Waals surface area contributed by atoms with Crippen molar-refractivity contribution in [1.82, 2.24) is 0 Å². The Bertz CT molecular complexity index is 1400. The van der Waals surface area contributed by atoms with Crippen LogP contribution >= 0.6 is 0 Å². The van der Waals surface area contributed by atoms with Crippen molar-refractivity contribution in [3.05, 3.63) is 131 Å². The lowest BCUT2D eigenvalue weighted by atomic mass is 10.0. The molecule has 44 heavy (non-hydrogen) atoms. The summed E-state index contributed by atoms with van der Waals surface area (Å²) in [4.78, 5) is 0. The number of aromatic hydroxyl groups is 2. The molecule has 234 valence electrons. The molecule has 0 amide bonds. The molecule has 0 aromatic heterocycles. The Morgan fingerprint density at radius 2 is 1.07 bits per heavy atom. The third kappa shape index (κ3) is 10.4. The zero-order chi connectivity index (χ0) is 31.3. The van der Waals surface area contributed by atoms with Gasteiger partial charge < -0.3 is 39.4 Å². The summed E-state index contributed by atoms with van der Waals surface area (Å²) >= 11 is 0. The molecule has 4 aromatic rings. The Morgan fingerprint density at radius 3 is 1.66 bits per heavy atom. The predicted molar refractivity (Wildman–Crippen MR) is 157 cm³/mol. The largest absolute Gasteiger partial charge is 0.508 e. The Morgan fingerprint density at radius 1 is 0.545 bits per heavy atom. The van der Waals surface area contributed by atoms with Crippen LogP contribution in [0.4, 0.5) is 8.78 Å². The van der Waals surface area contributed by atoms with Crippen LogP contribution in [0.2, 0.25) is 0 Å². The van der Waals surface area contributed by atoms with Crippen LogP contribution in [0.25, 0.3) is 0 Å². The molecular formula is C34H36F2O8. The van der Waals surface area contributed by atoms with E-state index in [0.29, 0.717) is 16.7 Å². The van der Waals surface area contributed by atoms with Gasteiger partial charge in [0, 0.05) is 11.6 Å². The second-order valence-electron chi connectivity index (χ2n) is 10.3. The fraction of sp³-hybridized carbons (Fsp3) is 0.294. The summed E-state index contributed by atoms with van der Waals surface area (Å²) in [6, 6.07) is 25.1. The maximum atomic E-state index is 14.1. The molecule has 0 heterocycles. The van der Waals surface area contributed by atoms with Gasteiger partial charge in [0.2, 0.25) is 0 Å². The summed E-state index contributed by atoms with van der Waals surface area (Å²) in [7, 11) is 0. The molecule has 0 radical (unpaired) electrons. The van der Waals surface area contributed by atoms with Crippen molar-refractivity contribution in [2.24, 2.45) is 0 Å². The number of benzene rings is 4.